The second-order valence-electron chi connectivity index (χ2n) is 5.05. The molecule has 0 radical (unpaired) electrons. The molecule has 0 aliphatic carbocycles. The van der Waals surface area contributed by atoms with Gasteiger partial charge in [-0.15, -0.1) is 0 Å². The van der Waals surface area contributed by atoms with Gasteiger partial charge in [-0.1, -0.05) is 13.8 Å². The third-order valence-electron chi connectivity index (χ3n) is 3.27. The molecular formula is C11H23N3. The second kappa shape index (κ2) is 4.60. The Balaban J connectivity index is 1.83. The molecule has 1 unspecified atom stereocenters. The Hall–Kier alpha value is -0.120. The second-order valence-corrected chi connectivity index (χ2v) is 5.05. The summed E-state index contributed by atoms with van der Waals surface area (Å²) in [6.45, 7) is 13.3. The zero-order chi connectivity index (χ0) is 9.97. The average molecular weight is 197 g/mol. The normalized spacial score (nSPS) is 30.6. The van der Waals surface area contributed by atoms with E-state index in [1.165, 1.54) is 45.8 Å². The zero-order valence-electron chi connectivity index (χ0n) is 9.50. The van der Waals surface area contributed by atoms with E-state index in [0.717, 1.165) is 12.0 Å². The van der Waals surface area contributed by atoms with Crippen LogP contribution in [0, 0.1) is 5.92 Å². The van der Waals surface area contributed by atoms with Crippen molar-refractivity contribution < 1.29 is 0 Å². The highest BCUT2D eigenvalue weighted by Crippen LogP contribution is 2.12. The van der Waals surface area contributed by atoms with Crippen molar-refractivity contribution >= 4 is 0 Å². The number of piperazine rings is 2. The van der Waals surface area contributed by atoms with Crippen LogP contribution >= 0.6 is 0 Å². The predicted molar refractivity (Wildman–Crippen MR) is 59.5 cm³/mol. The minimum atomic E-state index is 0.774. The lowest BCUT2D eigenvalue weighted by Gasteiger charge is -2.44. The molecule has 82 valence electrons. The summed E-state index contributed by atoms with van der Waals surface area (Å²) in [7, 11) is 0. The molecule has 0 aromatic heterocycles. The quantitative estimate of drug-likeness (QED) is 0.684. The first-order chi connectivity index (χ1) is 6.75. The highest BCUT2D eigenvalue weighted by Gasteiger charge is 2.28. The molecule has 2 rings (SSSR count). The van der Waals surface area contributed by atoms with Gasteiger partial charge in [-0.3, -0.25) is 4.90 Å². The molecule has 0 aromatic carbocycles. The van der Waals surface area contributed by atoms with E-state index >= 15 is 0 Å². The lowest BCUT2D eigenvalue weighted by molar-refractivity contribution is 0.0523. The van der Waals surface area contributed by atoms with Crippen LogP contribution in [-0.2, 0) is 0 Å². The van der Waals surface area contributed by atoms with Gasteiger partial charge in [0, 0.05) is 51.9 Å². The van der Waals surface area contributed by atoms with E-state index in [0.29, 0.717) is 0 Å². The van der Waals surface area contributed by atoms with E-state index in [9.17, 15) is 0 Å². The minimum absolute atomic E-state index is 0.774. The highest BCUT2D eigenvalue weighted by atomic mass is 15.3. The van der Waals surface area contributed by atoms with Crippen molar-refractivity contribution in [1.82, 2.24) is 15.1 Å². The van der Waals surface area contributed by atoms with E-state index in [1.54, 1.807) is 0 Å². The first kappa shape index (κ1) is 10.4. The van der Waals surface area contributed by atoms with E-state index in [4.69, 9.17) is 0 Å². The van der Waals surface area contributed by atoms with E-state index in [2.05, 4.69) is 29.0 Å². The first-order valence-electron chi connectivity index (χ1n) is 5.93. The molecule has 0 bridgehead atoms. The van der Waals surface area contributed by atoms with Gasteiger partial charge in [0.25, 0.3) is 0 Å². The molecule has 2 aliphatic heterocycles. The summed E-state index contributed by atoms with van der Waals surface area (Å²) in [6, 6.07) is 0.774. The predicted octanol–water partition coefficient (Wildman–Crippen LogP) is 0.232. The van der Waals surface area contributed by atoms with Gasteiger partial charge in [-0.25, -0.2) is 0 Å². The smallest absolute Gasteiger partial charge is 0.0349 e. The highest BCUT2D eigenvalue weighted by molar-refractivity contribution is 4.87. The van der Waals surface area contributed by atoms with Gasteiger partial charge >= 0.3 is 0 Å². The van der Waals surface area contributed by atoms with Crippen molar-refractivity contribution in [3.8, 4) is 0 Å². The Morgan fingerprint density at radius 2 is 2.14 bits per heavy atom. The van der Waals surface area contributed by atoms with Crippen LogP contribution < -0.4 is 5.32 Å². The van der Waals surface area contributed by atoms with Crippen molar-refractivity contribution in [2.45, 2.75) is 19.9 Å². The molecule has 2 heterocycles. The lowest BCUT2D eigenvalue weighted by Crippen LogP contribution is -2.61. The molecule has 1 atom stereocenters. The lowest BCUT2D eigenvalue weighted by atomic mass is 10.1. The van der Waals surface area contributed by atoms with Crippen LogP contribution in [0.15, 0.2) is 0 Å². The van der Waals surface area contributed by atoms with Crippen molar-refractivity contribution in [3.05, 3.63) is 0 Å². The van der Waals surface area contributed by atoms with Crippen molar-refractivity contribution in [3.63, 3.8) is 0 Å². The van der Waals surface area contributed by atoms with Crippen molar-refractivity contribution in [2.24, 2.45) is 5.92 Å². The van der Waals surface area contributed by atoms with Gasteiger partial charge in [0.1, 0.15) is 0 Å². The fourth-order valence-corrected chi connectivity index (χ4v) is 2.62. The monoisotopic (exact) mass is 197 g/mol. The summed E-state index contributed by atoms with van der Waals surface area (Å²) in [4.78, 5) is 5.27. The molecular weight excluding hydrogens is 174 g/mol. The molecule has 2 fully saturated rings. The van der Waals surface area contributed by atoms with Gasteiger partial charge in [0.15, 0.2) is 0 Å². The molecule has 14 heavy (non-hydrogen) atoms. The van der Waals surface area contributed by atoms with Crippen molar-refractivity contribution in [2.75, 3.05) is 45.8 Å². The first-order valence-corrected chi connectivity index (χ1v) is 5.93. The minimum Gasteiger partial charge on any atom is -0.314 e. The third-order valence-corrected chi connectivity index (χ3v) is 3.27. The maximum atomic E-state index is 3.49. The Kier molecular flexibility index (Phi) is 3.42. The molecule has 0 spiro atoms. The number of hydrogen-bond donors (Lipinski definition) is 1. The summed E-state index contributed by atoms with van der Waals surface area (Å²) in [5, 5.41) is 3.49. The fraction of sp³-hybridized carbons (Fsp3) is 1.00. The fourth-order valence-electron chi connectivity index (χ4n) is 2.62. The summed E-state index contributed by atoms with van der Waals surface area (Å²) in [5.41, 5.74) is 0. The van der Waals surface area contributed by atoms with Crippen LogP contribution in [0.25, 0.3) is 0 Å². The topological polar surface area (TPSA) is 18.5 Å². The van der Waals surface area contributed by atoms with E-state index < -0.39 is 0 Å². The molecule has 0 amide bonds. The van der Waals surface area contributed by atoms with Gasteiger partial charge in [0.05, 0.1) is 0 Å². The Morgan fingerprint density at radius 1 is 1.29 bits per heavy atom. The van der Waals surface area contributed by atoms with Crippen LogP contribution in [-0.4, -0.2) is 61.7 Å². The SMILES string of the molecule is CC(C)CN1CCN2CCNCC2C1. The van der Waals surface area contributed by atoms with Crippen LogP contribution in [0.4, 0.5) is 0 Å². The summed E-state index contributed by atoms with van der Waals surface area (Å²) in [5.74, 6) is 0.804. The van der Waals surface area contributed by atoms with Gasteiger partial charge in [0.2, 0.25) is 0 Å². The maximum absolute atomic E-state index is 3.49. The Morgan fingerprint density at radius 3 is 2.93 bits per heavy atom. The molecule has 0 saturated carbocycles. The summed E-state index contributed by atoms with van der Waals surface area (Å²) >= 11 is 0. The van der Waals surface area contributed by atoms with Crippen LogP contribution in [0.1, 0.15) is 13.8 Å². The number of rotatable bonds is 2. The van der Waals surface area contributed by atoms with Crippen molar-refractivity contribution in [1.29, 1.82) is 0 Å². The van der Waals surface area contributed by atoms with Gasteiger partial charge in [-0.05, 0) is 5.92 Å². The van der Waals surface area contributed by atoms with E-state index in [1.807, 2.05) is 0 Å². The van der Waals surface area contributed by atoms with E-state index in [-0.39, 0.29) is 0 Å². The van der Waals surface area contributed by atoms with Gasteiger partial charge in [-0.2, -0.15) is 0 Å². The molecule has 0 aromatic rings. The third kappa shape index (κ3) is 2.47. The zero-order valence-corrected chi connectivity index (χ0v) is 9.50. The molecule has 1 N–H and O–H groups in total. The van der Waals surface area contributed by atoms with Gasteiger partial charge < -0.3 is 10.2 Å². The maximum Gasteiger partial charge on any atom is 0.0349 e. The number of fused-ring (bicyclic) bond motifs is 1. The standard InChI is InChI=1S/C11H23N3/c1-10(2)8-13-5-6-14-4-3-12-7-11(14)9-13/h10-12H,3-9H2,1-2H3. The number of hydrogen-bond acceptors (Lipinski definition) is 3. The average Bonchev–Trinajstić information content (AvgIpc) is 2.17. The largest absolute Gasteiger partial charge is 0.314 e. The summed E-state index contributed by atoms with van der Waals surface area (Å²) in [6.07, 6.45) is 0. The Labute approximate surface area is 87.4 Å². The number of nitrogens with one attached hydrogen (secondary N) is 1. The number of nitrogens with zero attached hydrogens (tertiary/aromatic N) is 2. The Bertz CT molecular complexity index is 181. The molecule has 2 aliphatic rings. The molecule has 3 nitrogen and oxygen atoms in total. The summed E-state index contributed by atoms with van der Waals surface area (Å²) < 4.78 is 0. The molecule has 3 heteroatoms. The van der Waals surface area contributed by atoms with Crippen LogP contribution in [0.2, 0.25) is 0 Å². The molecule has 2 saturated heterocycles. The van der Waals surface area contributed by atoms with Crippen LogP contribution in [0.5, 0.6) is 0 Å². The van der Waals surface area contributed by atoms with Crippen LogP contribution in [0.3, 0.4) is 0 Å².